The average Bonchev–Trinajstić information content (AvgIpc) is 2.66. The lowest BCUT2D eigenvalue weighted by Gasteiger charge is -2.09. The average molecular weight is 394 g/mol. The van der Waals surface area contributed by atoms with E-state index in [4.69, 9.17) is 26.8 Å². The summed E-state index contributed by atoms with van der Waals surface area (Å²) in [5.41, 5.74) is 7.03. The van der Waals surface area contributed by atoms with E-state index in [0.29, 0.717) is 12.5 Å². The molecule has 0 aliphatic carbocycles. The molecule has 0 fully saturated rings. The highest BCUT2D eigenvalue weighted by Crippen LogP contribution is 2.27. The van der Waals surface area contributed by atoms with Crippen molar-refractivity contribution in [3.63, 3.8) is 0 Å². The molecule has 0 aliphatic heterocycles. The quantitative estimate of drug-likeness (QED) is 0.295. The molecule has 26 heavy (non-hydrogen) atoms. The largest absolute Gasteiger partial charge is 0.493 e. The number of aliphatic imine (C=N–C) groups is 1. The van der Waals surface area contributed by atoms with E-state index in [9.17, 15) is 0 Å². The van der Waals surface area contributed by atoms with Gasteiger partial charge in [-0.3, -0.25) is 4.99 Å². The molecule has 0 aliphatic rings. The first-order chi connectivity index (χ1) is 12.6. The number of halogens is 1. The number of nitrogens with one attached hydrogen (secondary N) is 1. The Labute approximate surface area is 163 Å². The van der Waals surface area contributed by atoms with Gasteiger partial charge in [0.25, 0.3) is 0 Å². The molecular weight excluding hydrogens is 370 g/mol. The van der Waals surface area contributed by atoms with Crippen LogP contribution in [0.15, 0.2) is 52.4 Å². The summed E-state index contributed by atoms with van der Waals surface area (Å²) in [6.07, 6.45) is 0.780. The highest BCUT2D eigenvalue weighted by molar-refractivity contribution is 7.99. The molecule has 0 aromatic heterocycles. The summed E-state index contributed by atoms with van der Waals surface area (Å²) in [6.45, 7) is 1.36. The lowest BCUT2D eigenvalue weighted by Crippen LogP contribution is -2.33. The van der Waals surface area contributed by atoms with E-state index in [-0.39, 0.29) is 0 Å². The van der Waals surface area contributed by atoms with Gasteiger partial charge in [0.15, 0.2) is 17.5 Å². The normalized spacial score (nSPS) is 11.3. The molecule has 140 valence electrons. The van der Waals surface area contributed by atoms with Crippen molar-refractivity contribution >= 4 is 29.3 Å². The van der Waals surface area contributed by atoms with Crippen molar-refractivity contribution in [3.05, 3.63) is 53.1 Å². The third-order valence-electron chi connectivity index (χ3n) is 3.62. The molecule has 0 bridgehead atoms. The lowest BCUT2D eigenvalue weighted by molar-refractivity contribution is 0.354. The molecule has 2 rings (SSSR count). The maximum absolute atomic E-state index is 5.91. The number of nitrogens with two attached hydrogens (primary N) is 1. The number of nitrogens with zero attached hydrogens (tertiary/aromatic N) is 1. The van der Waals surface area contributed by atoms with Gasteiger partial charge in [0.1, 0.15) is 0 Å². The van der Waals surface area contributed by atoms with E-state index in [1.807, 2.05) is 42.5 Å². The van der Waals surface area contributed by atoms with Gasteiger partial charge in [-0.2, -0.15) is 0 Å². The van der Waals surface area contributed by atoms with E-state index >= 15 is 0 Å². The second-order valence-electron chi connectivity index (χ2n) is 5.44. The van der Waals surface area contributed by atoms with Gasteiger partial charge in [0.05, 0.1) is 14.2 Å². The van der Waals surface area contributed by atoms with Crippen LogP contribution in [0.1, 0.15) is 5.56 Å². The van der Waals surface area contributed by atoms with Crippen LogP contribution in [0.2, 0.25) is 5.02 Å². The SMILES string of the molecule is COc1ccc(CCN=C(N)NCCSc2ccc(Cl)cc2)cc1OC. The fourth-order valence-corrected chi connectivity index (χ4v) is 3.17. The number of benzene rings is 2. The molecule has 0 amide bonds. The van der Waals surface area contributed by atoms with Crippen molar-refractivity contribution in [2.75, 3.05) is 33.1 Å². The van der Waals surface area contributed by atoms with E-state index in [2.05, 4.69) is 10.3 Å². The van der Waals surface area contributed by atoms with Crippen LogP contribution < -0.4 is 20.5 Å². The maximum Gasteiger partial charge on any atom is 0.188 e. The summed E-state index contributed by atoms with van der Waals surface area (Å²) < 4.78 is 10.5. The van der Waals surface area contributed by atoms with Crippen LogP contribution in [0.3, 0.4) is 0 Å². The van der Waals surface area contributed by atoms with Crippen molar-refractivity contribution < 1.29 is 9.47 Å². The number of guanidine groups is 1. The minimum atomic E-state index is 0.460. The molecule has 2 aromatic carbocycles. The van der Waals surface area contributed by atoms with E-state index in [1.165, 1.54) is 4.90 Å². The Hall–Kier alpha value is -2.05. The summed E-state index contributed by atoms with van der Waals surface area (Å²) in [5, 5.41) is 3.88. The maximum atomic E-state index is 5.91. The highest BCUT2D eigenvalue weighted by Gasteiger charge is 2.04. The van der Waals surface area contributed by atoms with Crippen LogP contribution in [-0.4, -0.2) is 39.0 Å². The first-order valence-electron chi connectivity index (χ1n) is 8.25. The highest BCUT2D eigenvalue weighted by atomic mass is 35.5. The zero-order valence-corrected chi connectivity index (χ0v) is 16.6. The zero-order valence-electron chi connectivity index (χ0n) is 15.0. The topological polar surface area (TPSA) is 68.9 Å². The van der Waals surface area contributed by atoms with Crippen molar-refractivity contribution in [2.24, 2.45) is 10.7 Å². The molecule has 0 radical (unpaired) electrons. The zero-order chi connectivity index (χ0) is 18.8. The molecule has 0 spiro atoms. The lowest BCUT2D eigenvalue weighted by atomic mass is 10.1. The van der Waals surface area contributed by atoms with Gasteiger partial charge in [-0.15, -0.1) is 11.8 Å². The summed E-state index contributed by atoms with van der Waals surface area (Å²) in [7, 11) is 3.25. The molecule has 0 unspecified atom stereocenters. The van der Waals surface area contributed by atoms with Crippen LogP contribution in [0, 0.1) is 0 Å². The van der Waals surface area contributed by atoms with Gasteiger partial charge >= 0.3 is 0 Å². The number of thioether (sulfide) groups is 1. The van der Waals surface area contributed by atoms with Crippen LogP contribution in [0.4, 0.5) is 0 Å². The third-order valence-corrected chi connectivity index (χ3v) is 4.89. The summed E-state index contributed by atoms with van der Waals surface area (Å²) in [5.74, 6) is 2.80. The van der Waals surface area contributed by atoms with Crippen molar-refractivity contribution in [1.29, 1.82) is 0 Å². The Morgan fingerprint density at radius 2 is 1.85 bits per heavy atom. The first-order valence-corrected chi connectivity index (χ1v) is 9.62. The number of hydrogen-bond acceptors (Lipinski definition) is 4. The smallest absolute Gasteiger partial charge is 0.188 e. The second-order valence-corrected chi connectivity index (χ2v) is 7.04. The van der Waals surface area contributed by atoms with Crippen LogP contribution >= 0.6 is 23.4 Å². The van der Waals surface area contributed by atoms with Crippen molar-refractivity contribution in [1.82, 2.24) is 5.32 Å². The molecule has 7 heteroatoms. The summed E-state index contributed by atoms with van der Waals surface area (Å²) in [6, 6.07) is 13.7. The number of hydrogen-bond donors (Lipinski definition) is 2. The molecule has 2 aromatic rings. The van der Waals surface area contributed by atoms with Crippen LogP contribution in [-0.2, 0) is 6.42 Å². The van der Waals surface area contributed by atoms with E-state index in [1.54, 1.807) is 26.0 Å². The predicted molar refractivity (Wildman–Crippen MR) is 110 cm³/mol. The van der Waals surface area contributed by atoms with Gasteiger partial charge in [-0.05, 0) is 48.4 Å². The Morgan fingerprint density at radius 3 is 2.54 bits per heavy atom. The first kappa shape index (κ1) is 20.3. The molecule has 0 saturated carbocycles. The van der Waals surface area contributed by atoms with Gasteiger partial charge in [-0.25, -0.2) is 0 Å². The molecule has 0 heterocycles. The fraction of sp³-hybridized carbons (Fsp3) is 0.316. The van der Waals surface area contributed by atoms with Crippen LogP contribution in [0.5, 0.6) is 11.5 Å². The number of rotatable bonds is 9. The number of methoxy groups -OCH3 is 2. The predicted octanol–water partition coefficient (Wildman–Crippen LogP) is 3.60. The van der Waals surface area contributed by atoms with E-state index < -0.39 is 0 Å². The standard InChI is InChI=1S/C19H24ClN3O2S/c1-24-17-8-3-14(13-18(17)25-2)9-10-22-19(21)23-11-12-26-16-6-4-15(20)5-7-16/h3-8,13H,9-12H2,1-2H3,(H3,21,22,23). The fourth-order valence-electron chi connectivity index (χ4n) is 2.28. The second kappa shape index (κ2) is 10.8. The number of ether oxygens (including phenoxy) is 2. The molecular formula is C19H24ClN3O2S. The van der Waals surface area contributed by atoms with Gasteiger partial charge in [0.2, 0.25) is 0 Å². The molecule has 0 atom stereocenters. The summed E-state index contributed by atoms with van der Waals surface area (Å²) in [4.78, 5) is 5.54. The Balaban J connectivity index is 1.70. The monoisotopic (exact) mass is 393 g/mol. The summed E-state index contributed by atoms with van der Waals surface area (Å²) >= 11 is 7.61. The Bertz CT molecular complexity index is 723. The van der Waals surface area contributed by atoms with Crippen molar-refractivity contribution in [3.8, 4) is 11.5 Å². The van der Waals surface area contributed by atoms with Gasteiger partial charge in [-0.1, -0.05) is 17.7 Å². The Kier molecular flexibility index (Phi) is 8.44. The third kappa shape index (κ3) is 6.69. The minimum absolute atomic E-state index is 0.460. The van der Waals surface area contributed by atoms with Crippen LogP contribution in [0.25, 0.3) is 0 Å². The van der Waals surface area contributed by atoms with Gasteiger partial charge < -0.3 is 20.5 Å². The van der Waals surface area contributed by atoms with Crippen molar-refractivity contribution in [2.45, 2.75) is 11.3 Å². The Morgan fingerprint density at radius 1 is 1.12 bits per heavy atom. The molecule has 0 saturated heterocycles. The van der Waals surface area contributed by atoms with Gasteiger partial charge in [0, 0.05) is 28.8 Å². The molecule has 3 N–H and O–H groups in total. The molecule has 5 nitrogen and oxygen atoms in total. The van der Waals surface area contributed by atoms with E-state index in [0.717, 1.165) is 40.8 Å². The minimum Gasteiger partial charge on any atom is -0.493 e.